The van der Waals surface area contributed by atoms with Crippen LogP contribution in [0.25, 0.3) is 0 Å². The molecular formula is C11H18N4O3. The number of imide groups is 1. The average Bonchev–Trinajstić information content (AvgIpc) is 2.66. The summed E-state index contributed by atoms with van der Waals surface area (Å²) in [7, 11) is 0. The van der Waals surface area contributed by atoms with Crippen molar-refractivity contribution in [3.05, 3.63) is 18.7 Å². The number of alkyl carbamates (subject to hydrolysis) is 1. The molecular weight excluding hydrogens is 236 g/mol. The van der Waals surface area contributed by atoms with Crippen molar-refractivity contribution in [3.63, 3.8) is 0 Å². The molecule has 1 rings (SSSR count). The molecule has 7 nitrogen and oxygen atoms in total. The number of carbonyl (C=O) groups is 2. The van der Waals surface area contributed by atoms with Crippen LogP contribution in [0, 0.1) is 0 Å². The molecule has 7 heteroatoms. The minimum atomic E-state index is -0.758. The zero-order valence-electron chi connectivity index (χ0n) is 10.9. The van der Waals surface area contributed by atoms with Crippen molar-refractivity contribution in [2.75, 3.05) is 5.43 Å². The lowest BCUT2D eigenvalue weighted by Gasteiger charge is -2.20. The molecule has 2 amide bonds. The lowest BCUT2D eigenvalue weighted by atomic mass is 10.2. The van der Waals surface area contributed by atoms with E-state index in [-0.39, 0.29) is 0 Å². The van der Waals surface area contributed by atoms with Crippen LogP contribution in [0.4, 0.5) is 4.79 Å². The number of ether oxygens (including phenoxy) is 1. The predicted octanol–water partition coefficient (Wildman–Crippen LogP) is 0.866. The van der Waals surface area contributed by atoms with E-state index in [9.17, 15) is 9.59 Å². The van der Waals surface area contributed by atoms with Crippen LogP contribution >= 0.6 is 0 Å². The Morgan fingerprint density at radius 3 is 2.56 bits per heavy atom. The number of rotatable bonds is 3. The zero-order chi connectivity index (χ0) is 13.8. The van der Waals surface area contributed by atoms with Crippen LogP contribution in [0.3, 0.4) is 0 Å². The predicted molar refractivity (Wildman–Crippen MR) is 65.4 cm³/mol. The highest BCUT2D eigenvalue weighted by Gasteiger charge is 2.21. The lowest BCUT2D eigenvalue weighted by Crippen LogP contribution is -2.45. The highest BCUT2D eigenvalue weighted by Crippen LogP contribution is 2.06. The molecule has 1 atom stereocenters. The van der Waals surface area contributed by atoms with Gasteiger partial charge in [0.25, 0.3) is 5.91 Å². The van der Waals surface area contributed by atoms with Crippen molar-refractivity contribution < 1.29 is 14.3 Å². The second-order valence-electron chi connectivity index (χ2n) is 4.81. The molecule has 18 heavy (non-hydrogen) atoms. The van der Waals surface area contributed by atoms with Crippen molar-refractivity contribution >= 4 is 12.0 Å². The zero-order valence-corrected chi connectivity index (χ0v) is 10.9. The van der Waals surface area contributed by atoms with Gasteiger partial charge in [0.2, 0.25) is 0 Å². The fourth-order valence-corrected chi connectivity index (χ4v) is 1.13. The fourth-order valence-electron chi connectivity index (χ4n) is 1.13. The van der Waals surface area contributed by atoms with E-state index in [2.05, 4.69) is 15.7 Å². The molecule has 1 aromatic heterocycles. The van der Waals surface area contributed by atoms with Gasteiger partial charge in [0.1, 0.15) is 18.0 Å². The van der Waals surface area contributed by atoms with E-state index in [0.717, 1.165) is 0 Å². The Morgan fingerprint density at radius 2 is 2.06 bits per heavy atom. The molecule has 0 aliphatic carbocycles. The van der Waals surface area contributed by atoms with Crippen LogP contribution in [-0.4, -0.2) is 33.3 Å². The molecule has 2 N–H and O–H groups in total. The molecule has 0 aromatic carbocycles. The molecule has 0 spiro atoms. The second kappa shape index (κ2) is 5.52. The van der Waals surface area contributed by atoms with E-state index in [1.807, 2.05) is 0 Å². The first-order chi connectivity index (χ1) is 8.28. The van der Waals surface area contributed by atoms with Crippen LogP contribution in [0.2, 0.25) is 0 Å². The molecule has 0 unspecified atom stereocenters. The van der Waals surface area contributed by atoms with E-state index in [4.69, 9.17) is 4.74 Å². The average molecular weight is 254 g/mol. The van der Waals surface area contributed by atoms with Gasteiger partial charge in [-0.2, -0.15) is 0 Å². The minimum absolute atomic E-state index is 0.474. The maximum absolute atomic E-state index is 11.7. The highest BCUT2D eigenvalue weighted by atomic mass is 16.6. The summed E-state index contributed by atoms with van der Waals surface area (Å²) in [5.74, 6) is -0.474. The maximum atomic E-state index is 11.7. The molecule has 0 bridgehead atoms. The molecule has 0 fully saturated rings. The topological polar surface area (TPSA) is 85.3 Å². The Bertz CT molecular complexity index is 408. The first-order valence-electron chi connectivity index (χ1n) is 5.56. The van der Waals surface area contributed by atoms with Gasteiger partial charge < -0.3 is 10.2 Å². The molecule has 0 aliphatic rings. The Kier molecular flexibility index (Phi) is 4.30. The Balaban J connectivity index is 2.43. The summed E-state index contributed by atoms with van der Waals surface area (Å²) in [4.78, 5) is 26.9. The third kappa shape index (κ3) is 4.86. The number of carbonyl (C=O) groups excluding carboxylic acids is 2. The second-order valence-corrected chi connectivity index (χ2v) is 4.81. The van der Waals surface area contributed by atoms with Crippen molar-refractivity contribution in [1.82, 2.24) is 15.0 Å². The molecule has 100 valence electrons. The minimum Gasteiger partial charge on any atom is -0.444 e. The van der Waals surface area contributed by atoms with Gasteiger partial charge in [-0.25, -0.2) is 9.78 Å². The first-order valence-corrected chi connectivity index (χ1v) is 5.56. The fraction of sp³-hybridized carbons (Fsp3) is 0.545. The van der Waals surface area contributed by atoms with E-state index in [1.54, 1.807) is 40.1 Å². The Hall–Kier alpha value is -2.05. The molecule has 0 radical (unpaired) electrons. The number of nitrogens with one attached hydrogen (secondary N) is 2. The quantitative estimate of drug-likeness (QED) is 0.835. The van der Waals surface area contributed by atoms with Crippen LogP contribution in [-0.2, 0) is 9.53 Å². The summed E-state index contributed by atoms with van der Waals surface area (Å²) in [6, 6.07) is -0.591. The number of hydrogen-bond donors (Lipinski definition) is 2. The SMILES string of the molecule is C[C@H](Nn1ccnc1)C(=O)NC(=O)OC(C)(C)C. The third-order valence-corrected chi connectivity index (χ3v) is 1.86. The summed E-state index contributed by atoms with van der Waals surface area (Å²) in [5, 5.41) is 2.15. The van der Waals surface area contributed by atoms with Gasteiger partial charge >= 0.3 is 6.09 Å². The van der Waals surface area contributed by atoms with Crippen molar-refractivity contribution in [2.24, 2.45) is 0 Å². The number of imidazole rings is 1. The van der Waals surface area contributed by atoms with E-state index >= 15 is 0 Å². The van der Waals surface area contributed by atoms with Crippen molar-refractivity contribution in [2.45, 2.75) is 39.3 Å². The monoisotopic (exact) mass is 254 g/mol. The number of amides is 2. The molecule has 1 aromatic rings. The van der Waals surface area contributed by atoms with Crippen LogP contribution < -0.4 is 10.7 Å². The molecule has 0 saturated heterocycles. The van der Waals surface area contributed by atoms with E-state index in [0.29, 0.717) is 0 Å². The first kappa shape index (κ1) is 14.0. The third-order valence-electron chi connectivity index (χ3n) is 1.86. The highest BCUT2D eigenvalue weighted by molar-refractivity contribution is 5.95. The summed E-state index contributed by atoms with van der Waals surface area (Å²) in [6.45, 7) is 6.80. The summed E-state index contributed by atoms with van der Waals surface area (Å²) in [6.07, 6.45) is 3.98. The van der Waals surface area contributed by atoms with Gasteiger partial charge in [0.05, 0.1) is 0 Å². The number of aromatic nitrogens is 2. The van der Waals surface area contributed by atoms with Gasteiger partial charge in [-0.3, -0.25) is 14.8 Å². The largest absolute Gasteiger partial charge is 0.444 e. The smallest absolute Gasteiger partial charge is 0.414 e. The summed E-state index contributed by atoms with van der Waals surface area (Å²) >= 11 is 0. The van der Waals surface area contributed by atoms with Crippen LogP contribution in [0.15, 0.2) is 18.7 Å². The van der Waals surface area contributed by atoms with Gasteiger partial charge in [0.15, 0.2) is 0 Å². The number of nitrogens with zero attached hydrogens (tertiary/aromatic N) is 2. The standard InChI is InChI=1S/C11H18N4O3/c1-8(14-15-6-5-12-7-15)9(16)13-10(17)18-11(2,3)4/h5-8,14H,1-4H3,(H,13,16,17)/t8-/m0/s1. The summed E-state index contributed by atoms with van der Waals surface area (Å²) < 4.78 is 6.50. The normalized spacial score (nSPS) is 12.7. The van der Waals surface area contributed by atoms with Crippen LogP contribution in [0.5, 0.6) is 0 Å². The van der Waals surface area contributed by atoms with Gasteiger partial charge in [-0.15, -0.1) is 0 Å². The van der Waals surface area contributed by atoms with E-state index < -0.39 is 23.6 Å². The molecule has 0 aliphatic heterocycles. The van der Waals surface area contributed by atoms with Crippen molar-refractivity contribution in [3.8, 4) is 0 Å². The van der Waals surface area contributed by atoms with Gasteiger partial charge in [-0.1, -0.05) is 0 Å². The Labute approximate surface area is 105 Å². The van der Waals surface area contributed by atoms with E-state index in [1.165, 1.54) is 11.0 Å². The lowest BCUT2D eigenvalue weighted by molar-refractivity contribution is -0.121. The van der Waals surface area contributed by atoms with Gasteiger partial charge in [-0.05, 0) is 27.7 Å². The van der Waals surface area contributed by atoms with Crippen molar-refractivity contribution in [1.29, 1.82) is 0 Å². The maximum Gasteiger partial charge on any atom is 0.414 e. The summed E-state index contributed by atoms with van der Waals surface area (Å²) in [5.41, 5.74) is 2.19. The Morgan fingerprint density at radius 1 is 1.39 bits per heavy atom. The molecule has 0 saturated carbocycles. The number of hydrogen-bond acceptors (Lipinski definition) is 5. The van der Waals surface area contributed by atoms with Crippen LogP contribution in [0.1, 0.15) is 27.7 Å². The van der Waals surface area contributed by atoms with Gasteiger partial charge in [0, 0.05) is 12.4 Å². The molecule has 1 heterocycles.